The molecule has 0 aromatic heterocycles. The fourth-order valence-electron chi connectivity index (χ4n) is 1.95. The van der Waals surface area contributed by atoms with Gasteiger partial charge in [0.1, 0.15) is 0 Å². The van der Waals surface area contributed by atoms with Crippen LogP contribution in [-0.2, 0) is 17.1 Å². The van der Waals surface area contributed by atoms with Crippen molar-refractivity contribution in [3.63, 3.8) is 0 Å². The fraction of sp³-hybridized carbons (Fsp3) is 0. The standard InChI is InChI=1S/2C6H3N3O7.Cu/c2*10-6-4(8(13)14)1-3(7(11)12)2-5(6)9(15)16;/h2*1-2,10H;. The predicted molar refractivity (Wildman–Crippen MR) is 96.1 cm³/mol. The van der Waals surface area contributed by atoms with Crippen LogP contribution in [0.5, 0.6) is 11.5 Å². The van der Waals surface area contributed by atoms with Crippen LogP contribution in [0.25, 0.3) is 0 Å². The van der Waals surface area contributed by atoms with Crippen LogP contribution in [-0.4, -0.2) is 39.8 Å². The molecule has 0 amide bonds. The van der Waals surface area contributed by atoms with Crippen LogP contribution in [0.4, 0.5) is 34.1 Å². The maximum Gasteiger partial charge on any atom is 0.324 e. The summed E-state index contributed by atoms with van der Waals surface area (Å²) in [6.45, 7) is 0. The minimum absolute atomic E-state index is 0. The van der Waals surface area contributed by atoms with E-state index in [1.807, 2.05) is 0 Å². The third kappa shape index (κ3) is 6.47. The van der Waals surface area contributed by atoms with Crippen LogP contribution >= 0.6 is 0 Å². The van der Waals surface area contributed by atoms with Gasteiger partial charge in [0, 0.05) is 17.1 Å². The van der Waals surface area contributed by atoms with E-state index in [1.54, 1.807) is 0 Å². The molecule has 0 aliphatic rings. The van der Waals surface area contributed by atoms with Crippen molar-refractivity contribution >= 4 is 34.1 Å². The van der Waals surface area contributed by atoms with E-state index < -0.39 is 75.2 Å². The molecule has 2 aromatic rings. The Hall–Kier alpha value is -5.04. The summed E-state index contributed by atoms with van der Waals surface area (Å²) in [5.41, 5.74) is -6.00. The Morgan fingerprint density at radius 2 is 0.636 bits per heavy atom. The molecule has 20 nitrogen and oxygen atoms in total. The number of nitro groups is 6. The van der Waals surface area contributed by atoms with Crippen molar-refractivity contribution in [2.24, 2.45) is 0 Å². The van der Waals surface area contributed by atoms with Crippen molar-refractivity contribution in [2.75, 3.05) is 0 Å². The number of phenolic OH excluding ortho intramolecular Hbond substituents is 2. The van der Waals surface area contributed by atoms with Crippen LogP contribution in [0, 0.1) is 60.7 Å². The van der Waals surface area contributed by atoms with Crippen LogP contribution in [0.15, 0.2) is 24.3 Å². The summed E-state index contributed by atoms with van der Waals surface area (Å²) in [7, 11) is 0. The molecule has 0 heterocycles. The van der Waals surface area contributed by atoms with Crippen LogP contribution in [0.2, 0.25) is 0 Å². The maximum absolute atomic E-state index is 10.4. The summed E-state index contributed by atoms with van der Waals surface area (Å²) in [6.07, 6.45) is 0. The van der Waals surface area contributed by atoms with Crippen molar-refractivity contribution in [1.29, 1.82) is 0 Å². The van der Waals surface area contributed by atoms with Gasteiger partial charge in [-0.3, -0.25) is 60.7 Å². The van der Waals surface area contributed by atoms with E-state index in [-0.39, 0.29) is 17.1 Å². The smallest absolute Gasteiger partial charge is 0.324 e. The number of nitro benzene ring substituents is 6. The molecule has 2 N–H and O–H groups in total. The van der Waals surface area contributed by atoms with Gasteiger partial charge in [-0.25, -0.2) is 0 Å². The van der Waals surface area contributed by atoms with E-state index in [0.717, 1.165) is 0 Å². The zero-order chi connectivity index (χ0) is 24.9. The molecule has 33 heavy (non-hydrogen) atoms. The second kappa shape index (κ2) is 10.8. The normalized spacial score (nSPS) is 9.45. The first kappa shape index (κ1) is 28.0. The molecule has 2 rings (SSSR count). The molecule has 0 atom stereocenters. The first-order valence-electron chi connectivity index (χ1n) is 7.29. The van der Waals surface area contributed by atoms with E-state index >= 15 is 0 Å². The largest absolute Gasteiger partial charge is 0.497 e. The molecule has 1 radical (unpaired) electrons. The Balaban J connectivity index is 0.000000602. The average molecular weight is 522 g/mol. The summed E-state index contributed by atoms with van der Waals surface area (Å²) < 4.78 is 0. The summed E-state index contributed by atoms with van der Waals surface area (Å²) in [6, 6.07) is 1.79. The molecule has 0 spiro atoms. The van der Waals surface area contributed by atoms with Gasteiger partial charge in [0.05, 0.1) is 53.8 Å². The predicted octanol–water partition coefficient (Wildman–Crippen LogP) is 2.23. The first-order valence-corrected chi connectivity index (χ1v) is 7.29. The van der Waals surface area contributed by atoms with Gasteiger partial charge in [-0.1, -0.05) is 0 Å². The Kier molecular flexibility index (Phi) is 9.18. The molecule has 179 valence electrons. The second-order valence-electron chi connectivity index (χ2n) is 5.21. The Bertz CT molecular complexity index is 1020. The van der Waals surface area contributed by atoms with Gasteiger partial charge in [0.2, 0.25) is 0 Å². The first-order chi connectivity index (χ1) is 14.7. The van der Waals surface area contributed by atoms with Gasteiger partial charge >= 0.3 is 22.7 Å². The number of non-ortho nitro benzene ring substituents is 2. The van der Waals surface area contributed by atoms with Gasteiger partial charge < -0.3 is 10.2 Å². The minimum Gasteiger partial charge on any atom is -0.497 e. The van der Waals surface area contributed by atoms with Crippen LogP contribution in [0.3, 0.4) is 0 Å². The number of hydrogen-bond donors (Lipinski definition) is 2. The van der Waals surface area contributed by atoms with Crippen molar-refractivity contribution in [1.82, 2.24) is 0 Å². The fourth-order valence-corrected chi connectivity index (χ4v) is 1.95. The molecule has 0 bridgehead atoms. The molecule has 21 heteroatoms. The second-order valence-corrected chi connectivity index (χ2v) is 5.21. The van der Waals surface area contributed by atoms with Crippen molar-refractivity contribution in [3.8, 4) is 11.5 Å². The molecule has 0 saturated heterocycles. The van der Waals surface area contributed by atoms with Gasteiger partial charge in [0.15, 0.2) is 0 Å². The number of phenols is 2. The Labute approximate surface area is 188 Å². The number of aromatic hydroxyl groups is 2. The zero-order valence-electron chi connectivity index (χ0n) is 15.1. The molecule has 0 aliphatic carbocycles. The number of benzene rings is 2. The summed E-state index contributed by atoms with van der Waals surface area (Å²) in [5.74, 6) is -2.42. The third-order valence-electron chi connectivity index (χ3n) is 3.32. The van der Waals surface area contributed by atoms with E-state index in [2.05, 4.69) is 0 Å². The van der Waals surface area contributed by atoms with E-state index in [4.69, 9.17) is 10.2 Å². The average Bonchev–Trinajstić information content (AvgIpc) is 2.67. The zero-order valence-corrected chi connectivity index (χ0v) is 16.0. The molecule has 0 fully saturated rings. The van der Waals surface area contributed by atoms with E-state index in [0.29, 0.717) is 24.3 Å². The van der Waals surface area contributed by atoms with Gasteiger partial charge in [-0.15, -0.1) is 0 Å². The monoisotopic (exact) mass is 521 g/mol. The molecule has 2 aromatic carbocycles. The molecular weight excluding hydrogens is 516 g/mol. The quantitative estimate of drug-likeness (QED) is 0.312. The van der Waals surface area contributed by atoms with Crippen molar-refractivity contribution in [2.45, 2.75) is 0 Å². The van der Waals surface area contributed by atoms with Crippen molar-refractivity contribution in [3.05, 3.63) is 85.0 Å². The van der Waals surface area contributed by atoms with E-state index in [9.17, 15) is 60.7 Å². The minimum atomic E-state index is -1.21. The maximum atomic E-state index is 10.4. The molecular formula is C12H6CuN6O14. The number of rotatable bonds is 6. The third-order valence-corrected chi connectivity index (χ3v) is 3.32. The summed E-state index contributed by atoms with van der Waals surface area (Å²) in [4.78, 5) is 55.5. The SMILES string of the molecule is O=[N+]([O-])c1cc([N+](=O)[O-])c(O)c([N+](=O)[O-])c1.O=[N+]([O-])c1cc([N+](=O)[O-])c(O)c([N+](=O)[O-])c1.[Cu]. The molecule has 0 unspecified atom stereocenters. The van der Waals surface area contributed by atoms with Crippen LogP contribution < -0.4 is 0 Å². The summed E-state index contributed by atoms with van der Waals surface area (Å²) >= 11 is 0. The van der Waals surface area contributed by atoms with E-state index in [1.165, 1.54) is 0 Å². The Morgan fingerprint density at radius 3 is 0.758 bits per heavy atom. The van der Waals surface area contributed by atoms with Crippen LogP contribution in [0.1, 0.15) is 0 Å². The number of nitrogens with zero attached hydrogens (tertiary/aromatic N) is 6. The Morgan fingerprint density at radius 1 is 0.455 bits per heavy atom. The van der Waals surface area contributed by atoms with Crippen molar-refractivity contribution < 1.29 is 56.8 Å². The summed E-state index contributed by atoms with van der Waals surface area (Å²) in [5, 5.41) is 80.4. The van der Waals surface area contributed by atoms with Gasteiger partial charge in [-0.2, -0.15) is 0 Å². The number of hydrogen-bond acceptors (Lipinski definition) is 14. The molecule has 0 aliphatic heterocycles. The topological polar surface area (TPSA) is 299 Å². The molecule has 0 saturated carbocycles. The van der Waals surface area contributed by atoms with Gasteiger partial charge in [-0.05, 0) is 0 Å². The van der Waals surface area contributed by atoms with Gasteiger partial charge in [0.25, 0.3) is 22.9 Å².